The van der Waals surface area contributed by atoms with E-state index in [1.54, 1.807) is 6.07 Å². The highest BCUT2D eigenvalue weighted by atomic mass is 35.5. The summed E-state index contributed by atoms with van der Waals surface area (Å²) in [5, 5.41) is 27.2. The maximum Gasteiger partial charge on any atom is 0.309 e. The second-order valence-electron chi connectivity index (χ2n) is 3.97. The molecule has 1 heterocycles. The molecular weight excluding hydrogens is 288 g/mol. The van der Waals surface area contributed by atoms with Crippen molar-refractivity contribution in [3.05, 3.63) is 50.8 Å². The van der Waals surface area contributed by atoms with E-state index in [0.29, 0.717) is 5.56 Å². The van der Waals surface area contributed by atoms with Crippen LogP contribution >= 0.6 is 11.6 Å². The zero-order valence-electron chi connectivity index (χ0n) is 10.1. The monoisotopic (exact) mass is 296 g/mol. The van der Waals surface area contributed by atoms with Gasteiger partial charge in [0.1, 0.15) is 0 Å². The van der Waals surface area contributed by atoms with E-state index in [9.17, 15) is 14.9 Å². The number of aromatic nitrogens is 3. The highest BCUT2D eigenvalue weighted by Crippen LogP contribution is 2.26. The van der Waals surface area contributed by atoms with Gasteiger partial charge in [0.2, 0.25) is 0 Å². The Hall–Kier alpha value is -2.48. The van der Waals surface area contributed by atoms with E-state index in [4.69, 9.17) is 16.7 Å². The van der Waals surface area contributed by atoms with Gasteiger partial charge < -0.3 is 5.11 Å². The molecule has 8 nitrogen and oxygen atoms in total. The summed E-state index contributed by atoms with van der Waals surface area (Å²) >= 11 is 5.95. The molecule has 9 heteroatoms. The third-order valence-corrected chi connectivity index (χ3v) is 2.88. The molecule has 0 atom stereocenters. The Labute approximate surface area is 117 Å². The number of benzene rings is 1. The summed E-state index contributed by atoms with van der Waals surface area (Å²) in [5.41, 5.74) is 0.450. The predicted molar refractivity (Wildman–Crippen MR) is 68.6 cm³/mol. The van der Waals surface area contributed by atoms with Crippen LogP contribution in [0.2, 0.25) is 5.02 Å². The average molecular weight is 297 g/mol. The fraction of sp³-hybridized carbons (Fsp3) is 0.182. The molecule has 1 aromatic carbocycles. The maximum atomic E-state index is 10.9. The summed E-state index contributed by atoms with van der Waals surface area (Å²) in [6.07, 6.45) is 1.16. The van der Waals surface area contributed by atoms with E-state index in [2.05, 4.69) is 10.3 Å². The van der Waals surface area contributed by atoms with Crippen LogP contribution in [0.25, 0.3) is 0 Å². The van der Waals surface area contributed by atoms with E-state index in [1.165, 1.54) is 23.0 Å². The van der Waals surface area contributed by atoms with Crippen LogP contribution in [0.15, 0.2) is 24.4 Å². The van der Waals surface area contributed by atoms with Crippen molar-refractivity contribution in [3.63, 3.8) is 0 Å². The van der Waals surface area contributed by atoms with Gasteiger partial charge in [-0.25, -0.2) is 4.68 Å². The Morgan fingerprint density at radius 1 is 1.50 bits per heavy atom. The van der Waals surface area contributed by atoms with Crippen molar-refractivity contribution in [2.45, 2.75) is 13.0 Å². The third-order valence-electron chi connectivity index (χ3n) is 2.53. The SMILES string of the molecule is O=C(O)Cc1cn(Cc2c(Cl)cccc2[N+](=O)[O-])nn1. The predicted octanol–water partition coefficient (Wildman–Crippen LogP) is 1.52. The zero-order chi connectivity index (χ0) is 14.7. The van der Waals surface area contributed by atoms with Crippen LogP contribution in [0.4, 0.5) is 5.69 Å². The zero-order valence-corrected chi connectivity index (χ0v) is 10.8. The van der Waals surface area contributed by atoms with Crippen molar-refractivity contribution < 1.29 is 14.8 Å². The molecule has 0 aliphatic carbocycles. The molecule has 0 amide bonds. The standard InChI is InChI=1S/C11H9ClN4O4/c12-9-2-1-3-10(16(19)20)8(9)6-15-5-7(13-14-15)4-11(17)18/h1-3,5H,4,6H2,(H,17,18). The topological polar surface area (TPSA) is 111 Å². The minimum absolute atomic E-state index is 0.0443. The van der Waals surface area contributed by atoms with Gasteiger partial charge in [-0.05, 0) is 6.07 Å². The van der Waals surface area contributed by atoms with Gasteiger partial charge in [0.05, 0.1) is 34.2 Å². The van der Waals surface area contributed by atoms with Gasteiger partial charge in [-0.1, -0.05) is 22.9 Å². The lowest BCUT2D eigenvalue weighted by Gasteiger charge is -2.04. The highest BCUT2D eigenvalue weighted by molar-refractivity contribution is 6.31. The lowest BCUT2D eigenvalue weighted by Crippen LogP contribution is -2.04. The molecule has 1 N–H and O–H groups in total. The summed E-state index contributed by atoms with van der Waals surface area (Å²) in [6.45, 7) is 0.0443. The Bertz CT molecular complexity index is 670. The molecule has 0 unspecified atom stereocenters. The molecule has 0 spiro atoms. The summed E-state index contributed by atoms with van der Waals surface area (Å²) in [6, 6.07) is 4.37. The number of halogens is 1. The summed E-state index contributed by atoms with van der Waals surface area (Å²) in [5.74, 6) is -1.03. The molecule has 2 rings (SSSR count). The molecule has 0 aliphatic heterocycles. The first kappa shape index (κ1) is 13.9. The van der Waals surface area contributed by atoms with E-state index in [1.807, 2.05) is 0 Å². The van der Waals surface area contributed by atoms with Crippen LogP contribution in [0.1, 0.15) is 11.3 Å². The Kier molecular flexibility index (Phi) is 3.94. The van der Waals surface area contributed by atoms with Crippen molar-refractivity contribution in [1.29, 1.82) is 0 Å². The van der Waals surface area contributed by atoms with E-state index < -0.39 is 10.9 Å². The largest absolute Gasteiger partial charge is 0.481 e. The molecule has 104 valence electrons. The Balaban J connectivity index is 2.28. The quantitative estimate of drug-likeness (QED) is 0.661. The van der Waals surface area contributed by atoms with Crippen molar-refractivity contribution in [2.24, 2.45) is 0 Å². The number of carboxylic acids is 1. The van der Waals surface area contributed by atoms with Gasteiger partial charge in [0.15, 0.2) is 0 Å². The Morgan fingerprint density at radius 3 is 2.90 bits per heavy atom. The van der Waals surface area contributed by atoms with Gasteiger partial charge in [-0.3, -0.25) is 14.9 Å². The van der Waals surface area contributed by atoms with Gasteiger partial charge >= 0.3 is 5.97 Å². The summed E-state index contributed by atoms with van der Waals surface area (Å²) in [7, 11) is 0. The third kappa shape index (κ3) is 3.09. The number of nitrogens with zero attached hydrogens (tertiary/aromatic N) is 4. The lowest BCUT2D eigenvalue weighted by atomic mass is 10.2. The molecule has 2 aromatic rings. The molecule has 0 radical (unpaired) electrons. The first-order valence-electron chi connectivity index (χ1n) is 5.50. The van der Waals surface area contributed by atoms with Crippen LogP contribution in [0.5, 0.6) is 0 Å². The van der Waals surface area contributed by atoms with Crippen LogP contribution in [-0.4, -0.2) is 31.0 Å². The molecule has 0 saturated heterocycles. The highest BCUT2D eigenvalue weighted by Gasteiger charge is 2.17. The first-order chi connectivity index (χ1) is 9.47. The molecule has 0 fully saturated rings. The van der Waals surface area contributed by atoms with Gasteiger partial charge in [-0.15, -0.1) is 5.10 Å². The van der Waals surface area contributed by atoms with Crippen LogP contribution < -0.4 is 0 Å². The Morgan fingerprint density at radius 2 is 2.25 bits per heavy atom. The van der Waals surface area contributed by atoms with Crippen molar-refractivity contribution in [3.8, 4) is 0 Å². The molecular formula is C11H9ClN4O4. The number of hydrogen-bond donors (Lipinski definition) is 1. The van der Waals surface area contributed by atoms with Gasteiger partial charge in [0.25, 0.3) is 5.69 Å². The molecule has 20 heavy (non-hydrogen) atoms. The summed E-state index contributed by atoms with van der Waals surface area (Å²) < 4.78 is 1.31. The minimum atomic E-state index is -1.03. The van der Waals surface area contributed by atoms with Gasteiger partial charge in [-0.2, -0.15) is 0 Å². The van der Waals surface area contributed by atoms with E-state index in [-0.39, 0.29) is 29.4 Å². The number of nitro benzene ring substituents is 1. The van der Waals surface area contributed by atoms with Gasteiger partial charge in [0, 0.05) is 12.3 Å². The fourth-order valence-electron chi connectivity index (χ4n) is 1.69. The second-order valence-corrected chi connectivity index (χ2v) is 4.38. The van der Waals surface area contributed by atoms with Crippen molar-refractivity contribution in [1.82, 2.24) is 15.0 Å². The molecule has 0 saturated carbocycles. The second kappa shape index (κ2) is 5.66. The van der Waals surface area contributed by atoms with Crippen LogP contribution in [0, 0.1) is 10.1 Å². The lowest BCUT2D eigenvalue weighted by molar-refractivity contribution is -0.385. The average Bonchev–Trinajstić information content (AvgIpc) is 2.78. The number of hydrogen-bond acceptors (Lipinski definition) is 5. The smallest absolute Gasteiger partial charge is 0.309 e. The summed E-state index contributed by atoms with van der Waals surface area (Å²) in [4.78, 5) is 21.0. The fourth-order valence-corrected chi connectivity index (χ4v) is 1.92. The molecule has 0 bridgehead atoms. The molecule has 1 aromatic heterocycles. The molecule has 0 aliphatic rings. The van der Waals surface area contributed by atoms with Crippen molar-refractivity contribution >= 4 is 23.3 Å². The maximum absolute atomic E-state index is 10.9. The van der Waals surface area contributed by atoms with Crippen LogP contribution in [0.3, 0.4) is 0 Å². The number of carbonyl (C=O) groups is 1. The van der Waals surface area contributed by atoms with E-state index >= 15 is 0 Å². The number of rotatable bonds is 5. The number of carboxylic acid groups (broad SMARTS) is 1. The number of aliphatic carboxylic acids is 1. The van der Waals surface area contributed by atoms with Crippen LogP contribution in [-0.2, 0) is 17.8 Å². The minimum Gasteiger partial charge on any atom is -0.481 e. The van der Waals surface area contributed by atoms with Crippen molar-refractivity contribution in [2.75, 3.05) is 0 Å². The number of nitro groups is 1. The van der Waals surface area contributed by atoms with E-state index in [0.717, 1.165) is 0 Å². The first-order valence-corrected chi connectivity index (χ1v) is 5.87. The normalized spacial score (nSPS) is 10.4.